The Kier molecular flexibility index (Phi) is 5.11. The fourth-order valence-corrected chi connectivity index (χ4v) is 2.27. The van der Waals surface area contributed by atoms with E-state index >= 15 is 0 Å². The lowest BCUT2D eigenvalue weighted by Gasteiger charge is -2.04. The predicted molar refractivity (Wildman–Crippen MR) is 87.2 cm³/mol. The second-order valence-electron chi connectivity index (χ2n) is 3.92. The van der Waals surface area contributed by atoms with Crippen LogP contribution in [0, 0.1) is 3.57 Å². The number of hydrogen-bond acceptors (Lipinski definition) is 3. The molecule has 0 heterocycles. The number of nitrogens with one attached hydrogen (secondary N) is 1. The molecule has 0 aliphatic rings. The third-order valence-electron chi connectivity index (χ3n) is 2.63. The zero-order valence-electron chi connectivity index (χ0n) is 10.8. The number of para-hydroxylation sites is 1. The molecular weight excluding hydrogens is 367 g/mol. The number of carbonyl (C=O) groups is 1. The Morgan fingerprint density at radius 1 is 1.20 bits per heavy atom. The Hall–Kier alpha value is -1.89. The summed E-state index contributed by atoms with van der Waals surface area (Å²) in [7, 11) is 1.59. The number of halogens is 1. The van der Waals surface area contributed by atoms with E-state index in [4.69, 9.17) is 4.74 Å². The summed E-state index contributed by atoms with van der Waals surface area (Å²) in [4.78, 5) is 11.9. The van der Waals surface area contributed by atoms with Crippen LogP contribution in [-0.2, 0) is 0 Å². The van der Waals surface area contributed by atoms with Crippen molar-refractivity contribution in [3.63, 3.8) is 0 Å². The molecule has 0 radical (unpaired) electrons. The molecule has 0 spiro atoms. The van der Waals surface area contributed by atoms with Crippen molar-refractivity contribution >= 4 is 34.7 Å². The maximum atomic E-state index is 11.9. The fraction of sp³-hybridized carbons (Fsp3) is 0.0667. The summed E-state index contributed by atoms with van der Waals surface area (Å²) < 4.78 is 6.09. The molecule has 0 aliphatic carbocycles. The largest absolute Gasteiger partial charge is 0.496 e. The van der Waals surface area contributed by atoms with Crippen LogP contribution in [0.3, 0.4) is 0 Å². The van der Waals surface area contributed by atoms with E-state index in [1.807, 2.05) is 42.5 Å². The number of hydrazone groups is 1. The number of rotatable bonds is 4. The van der Waals surface area contributed by atoms with Crippen molar-refractivity contribution in [3.05, 3.63) is 63.2 Å². The van der Waals surface area contributed by atoms with Gasteiger partial charge in [0.25, 0.3) is 5.91 Å². The summed E-state index contributed by atoms with van der Waals surface area (Å²) in [6, 6.07) is 14.8. The SMILES string of the molecule is COc1ccccc1/C=N\NC(=O)c1ccccc1I. The van der Waals surface area contributed by atoms with Crippen molar-refractivity contribution in [2.75, 3.05) is 7.11 Å². The van der Waals surface area contributed by atoms with Crippen LogP contribution in [0.1, 0.15) is 15.9 Å². The standard InChI is InChI=1S/C15H13IN2O2/c1-20-14-9-5-2-6-11(14)10-17-18-15(19)12-7-3-4-8-13(12)16/h2-10H,1H3,(H,18,19)/b17-10-. The number of methoxy groups -OCH3 is 1. The zero-order chi connectivity index (χ0) is 14.4. The Bertz CT molecular complexity index is 641. The highest BCUT2D eigenvalue weighted by molar-refractivity contribution is 14.1. The van der Waals surface area contributed by atoms with Crippen LogP contribution in [0.25, 0.3) is 0 Å². The van der Waals surface area contributed by atoms with E-state index in [-0.39, 0.29) is 5.91 Å². The van der Waals surface area contributed by atoms with Gasteiger partial charge in [-0.15, -0.1) is 0 Å². The highest BCUT2D eigenvalue weighted by Gasteiger charge is 2.07. The average Bonchev–Trinajstić information content (AvgIpc) is 2.48. The lowest BCUT2D eigenvalue weighted by molar-refractivity contribution is 0.0954. The van der Waals surface area contributed by atoms with E-state index in [9.17, 15) is 4.79 Å². The molecule has 2 rings (SSSR count). The van der Waals surface area contributed by atoms with E-state index < -0.39 is 0 Å². The van der Waals surface area contributed by atoms with Crippen LogP contribution in [-0.4, -0.2) is 19.2 Å². The minimum atomic E-state index is -0.235. The molecule has 0 fully saturated rings. The quantitative estimate of drug-likeness (QED) is 0.504. The predicted octanol–water partition coefficient (Wildman–Crippen LogP) is 3.06. The van der Waals surface area contributed by atoms with Gasteiger partial charge in [0.15, 0.2) is 0 Å². The van der Waals surface area contributed by atoms with Gasteiger partial charge in [0, 0.05) is 9.13 Å². The van der Waals surface area contributed by atoms with Crippen LogP contribution in [0.4, 0.5) is 0 Å². The monoisotopic (exact) mass is 380 g/mol. The van der Waals surface area contributed by atoms with E-state index in [2.05, 4.69) is 33.1 Å². The molecule has 0 bridgehead atoms. The molecule has 2 aromatic carbocycles. The second-order valence-corrected chi connectivity index (χ2v) is 5.08. The minimum Gasteiger partial charge on any atom is -0.496 e. The van der Waals surface area contributed by atoms with Gasteiger partial charge in [-0.3, -0.25) is 4.79 Å². The van der Waals surface area contributed by atoms with Gasteiger partial charge in [-0.25, -0.2) is 5.43 Å². The highest BCUT2D eigenvalue weighted by atomic mass is 127. The van der Waals surface area contributed by atoms with Crippen molar-refractivity contribution < 1.29 is 9.53 Å². The van der Waals surface area contributed by atoms with Crippen molar-refractivity contribution in [2.24, 2.45) is 5.10 Å². The van der Waals surface area contributed by atoms with Gasteiger partial charge in [0.05, 0.1) is 18.9 Å². The van der Waals surface area contributed by atoms with Crippen molar-refractivity contribution in [1.29, 1.82) is 0 Å². The average molecular weight is 380 g/mol. The van der Waals surface area contributed by atoms with Crippen LogP contribution >= 0.6 is 22.6 Å². The van der Waals surface area contributed by atoms with Gasteiger partial charge in [0.1, 0.15) is 5.75 Å². The van der Waals surface area contributed by atoms with Gasteiger partial charge in [-0.05, 0) is 46.9 Å². The summed E-state index contributed by atoms with van der Waals surface area (Å²) in [5, 5.41) is 3.96. The van der Waals surface area contributed by atoms with Crippen LogP contribution in [0.2, 0.25) is 0 Å². The number of amides is 1. The maximum Gasteiger partial charge on any atom is 0.272 e. The van der Waals surface area contributed by atoms with Gasteiger partial charge < -0.3 is 4.74 Å². The highest BCUT2D eigenvalue weighted by Crippen LogP contribution is 2.14. The Morgan fingerprint density at radius 3 is 2.65 bits per heavy atom. The molecule has 0 aromatic heterocycles. The number of hydrogen-bond donors (Lipinski definition) is 1. The zero-order valence-corrected chi connectivity index (χ0v) is 13.0. The Labute approximate surface area is 131 Å². The van der Waals surface area contributed by atoms with E-state index in [1.54, 1.807) is 19.4 Å². The number of benzene rings is 2. The first-order chi connectivity index (χ1) is 9.72. The molecule has 4 nitrogen and oxygen atoms in total. The lowest BCUT2D eigenvalue weighted by atomic mass is 10.2. The van der Waals surface area contributed by atoms with E-state index in [1.165, 1.54) is 0 Å². The van der Waals surface area contributed by atoms with Gasteiger partial charge in [0.2, 0.25) is 0 Å². The van der Waals surface area contributed by atoms with Gasteiger partial charge in [-0.2, -0.15) is 5.10 Å². The molecule has 0 atom stereocenters. The third kappa shape index (κ3) is 3.57. The van der Waals surface area contributed by atoms with Crippen LogP contribution < -0.4 is 10.2 Å². The Balaban J connectivity index is 2.07. The summed E-state index contributed by atoms with van der Waals surface area (Å²) in [5.74, 6) is 0.473. The molecule has 0 saturated carbocycles. The summed E-state index contributed by atoms with van der Waals surface area (Å²) in [6.07, 6.45) is 1.56. The molecule has 5 heteroatoms. The maximum absolute atomic E-state index is 11.9. The smallest absolute Gasteiger partial charge is 0.272 e. The first kappa shape index (κ1) is 14.5. The first-order valence-electron chi connectivity index (χ1n) is 5.93. The molecule has 1 N–H and O–H groups in total. The first-order valence-corrected chi connectivity index (χ1v) is 7.01. The Morgan fingerprint density at radius 2 is 1.90 bits per heavy atom. The van der Waals surface area contributed by atoms with Gasteiger partial charge in [-0.1, -0.05) is 24.3 Å². The van der Waals surface area contributed by atoms with E-state index in [0.717, 1.165) is 9.13 Å². The summed E-state index contributed by atoms with van der Waals surface area (Å²) in [5.41, 5.74) is 3.92. The summed E-state index contributed by atoms with van der Waals surface area (Å²) >= 11 is 2.12. The molecule has 0 saturated heterocycles. The molecular formula is C15H13IN2O2. The molecule has 1 amide bonds. The topological polar surface area (TPSA) is 50.7 Å². The third-order valence-corrected chi connectivity index (χ3v) is 3.57. The number of ether oxygens (including phenoxy) is 1. The van der Waals surface area contributed by atoms with E-state index in [0.29, 0.717) is 11.3 Å². The normalized spacial score (nSPS) is 10.5. The van der Waals surface area contributed by atoms with Crippen LogP contribution in [0.15, 0.2) is 53.6 Å². The molecule has 0 unspecified atom stereocenters. The molecule has 0 aliphatic heterocycles. The molecule has 102 valence electrons. The fourth-order valence-electron chi connectivity index (χ4n) is 1.64. The second kappa shape index (κ2) is 7.04. The number of carbonyl (C=O) groups excluding carboxylic acids is 1. The minimum absolute atomic E-state index is 0.235. The lowest BCUT2D eigenvalue weighted by Crippen LogP contribution is -2.18. The number of nitrogens with zero attached hydrogens (tertiary/aromatic N) is 1. The molecule has 2 aromatic rings. The van der Waals surface area contributed by atoms with Crippen molar-refractivity contribution in [3.8, 4) is 5.75 Å². The van der Waals surface area contributed by atoms with Crippen molar-refractivity contribution in [1.82, 2.24) is 5.43 Å². The summed E-state index contributed by atoms with van der Waals surface area (Å²) in [6.45, 7) is 0. The van der Waals surface area contributed by atoms with Crippen LogP contribution in [0.5, 0.6) is 5.75 Å². The van der Waals surface area contributed by atoms with Gasteiger partial charge >= 0.3 is 0 Å². The van der Waals surface area contributed by atoms with Crippen molar-refractivity contribution in [2.45, 2.75) is 0 Å². The molecule has 20 heavy (non-hydrogen) atoms.